The molecule has 4 aromatic heterocycles. The van der Waals surface area contributed by atoms with Gasteiger partial charge in [-0.05, 0) is 43.3 Å². The Hall–Kier alpha value is -2.71. The largest absolute Gasteiger partial charge is 0.363 e. The lowest BCUT2D eigenvalue weighted by Crippen LogP contribution is -2.28. The van der Waals surface area contributed by atoms with Gasteiger partial charge < -0.3 is 10.6 Å². The van der Waals surface area contributed by atoms with Crippen molar-refractivity contribution in [2.75, 3.05) is 18.4 Å². The van der Waals surface area contributed by atoms with Crippen LogP contribution in [0.3, 0.4) is 0 Å². The average Bonchev–Trinajstić information content (AvgIpc) is 3.46. The van der Waals surface area contributed by atoms with E-state index >= 15 is 0 Å². The zero-order valence-electron chi connectivity index (χ0n) is 16.7. The first-order valence-electron chi connectivity index (χ1n) is 10.0. The molecule has 8 heteroatoms. The molecule has 2 N–H and O–H groups in total. The molecule has 1 atom stereocenters. The summed E-state index contributed by atoms with van der Waals surface area (Å²) in [6.07, 6.45) is 10.4. The van der Waals surface area contributed by atoms with Crippen LogP contribution in [0.25, 0.3) is 16.2 Å². The van der Waals surface area contributed by atoms with E-state index in [1.54, 1.807) is 11.3 Å². The minimum atomic E-state index is 0.452. The number of nitrogens with zero attached hydrogens (tertiary/aromatic N) is 5. The van der Waals surface area contributed by atoms with Crippen LogP contribution in [0.1, 0.15) is 35.6 Å². The van der Waals surface area contributed by atoms with Gasteiger partial charge in [0.15, 0.2) is 11.5 Å². The summed E-state index contributed by atoms with van der Waals surface area (Å²) < 4.78 is 4.01. The van der Waals surface area contributed by atoms with E-state index in [0.717, 1.165) is 41.5 Å². The molecule has 5 heterocycles. The number of piperidine rings is 1. The van der Waals surface area contributed by atoms with E-state index in [-0.39, 0.29) is 0 Å². The van der Waals surface area contributed by atoms with Crippen molar-refractivity contribution in [3.05, 3.63) is 53.1 Å². The molecule has 150 valence electrons. The zero-order valence-corrected chi connectivity index (χ0v) is 17.5. The van der Waals surface area contributed by atoms with Crippen LogP contribution in [0.2, 0.25) is 0 Å². The number of fused-ring (bicyclic) bond motifs is 1. The number of nitrogens with one attached hydrogen (secondary N) is 2. The summed E-state index contributed by atoms with van der Waals surface area (Å²) >= 11 is 1.75. The van der Waals surface area contributed by atoms with Gasteiger partial charge in [-0.1, -0.05) is 0 Å². The number of aromatic nitrogens is 5. The number of hydrogen-bond acceptors (Lipinski definition) is 6. The number of thiophene rings is 1. The lowest BCUT2D eigenvalue weighted by Gasteiger charge is -2.20. The highest BCUT2D eigenvalue weighted by molar-refractivity contribution is 7.13. The predicted molar refractivity (Wildman–Crippen MR) is 116 cm³/mol. The fourth-order valence-corrected chi connectivity index (χ4v) is 4.82. The third kappa shape index (κ3) is 3.65. The van der Waals surface area contributed by atoms with Crippen LogP contribution in [0, 0.1) is 6.92 Å². The first-order chi connectivity index (χ1) is 14.2. The topological polar surface area (TPSA) is 72.1 Å². The fraction of sp³-hybridized carbons (Fsp3) is 0.381. The second-order valence-electron chi connectivity index (χ2n) is 7.76. The van der Waals surface area contributed by atoms with Gasteiger partial charge in [-0.2, -0.15) is 5.10 Å². The Morgan fingerprint density at radius 1 is 1.31 bits per heavy atom. The molecule has 7 nitrogen and oxygen atoms in total. The molecule has 1 saturated heterocycles. The summed E-state index contributed by atoms with van der Waals surface area (Å²) in [5.41, 5.74) is 5.51. The minimum absolute atomic E-state index is 0.452. The third-order valence-electron chi connectivity index (χ3n) is 5.43. The summed E-state index contributed by atoms with van der Waals surface area (Å²) in [6.45, 7) is 4.88. The molecule has 0 amide bonds. The maximum absolute atomic E-state index is 5.03. The van der Waals surface area contributed by atoms with Crippen LogP contribution in [-0.4, -0.2) is 37.2 Å². The second-order valence-corrected chi connectivity index (χ2v) is 8.67. The maximum Gasteiger partial charge on any atom is 0.180 e. The van der Waals surface area contributed by atoms with Crippen LogP contribution in [-0.2, 0) is 13.6 Å². The van der Waals surface area contributed by atoms with Gasteiger partial charge in [0.1, 0.15) is 0 Å². The highest BCUT2D eigenvalue weighted by Gasteiger charge is 2.21. The Bertz CT molecular complexity index is 1130. The molecular formula is C21H25N7S. The molecule has 5 rings (SSSR count). The van der Waals surface area contributed by atoms with E-state index in [9.17, 15) is 0 Å². The Morgan fingerprint density at radius 2 is 2.24 bits per heavy atom. The minimum Gasteiger partial charge on any atom is -0.363 e. The lowest BCUT2D eigenvalue weighted by atomic mass is 9.97. The van der Waals surface area contributed by atoms with Crippen molar-refractivity contribution in [2.24, 2.45) is 7.05 Å². The molecule has 0 aliphatic carbocycles. The number of anilines is 1. The van der Waals surface area contributed by atoms with Crippen LogP contribution >= 0.6 is 11.3 Å². The first kappa shape index (κ1) is 18.3. The Kier molecular flexibility index (Phi) is 4.81. The highest BCUT2D eigenvalue weighted by atomic mass is 32.1. The van der Waals surface area contributed by atoms with Gasteiger partial charge in [-0.15, -0.1) is 11.3 Å². The van der Waals surface area contributed by atoms with Crippen molar-refractivity contribution in [3.63, 3.8) is 0 Å². The Labute approximate surface area is 173 Å². The van der Waals surface area contributed by atoms with E-state index in [1.165, 1.54) is 23.3 Å². The summed E-state index contributed by atoms with van der Waals surface area (Å²) in [7, 11) is 1.93. The zero-order chi connectivity index (χ0) is 19.8. The first-order valence-corrected chi connectivity index (χ1v) is 10.9. The molecule has 1 fully saturated rings. The van der Waals surface area contributed by atoms with E-state index in [4.69, 9.17) is 9.97 Å². The molecule has 0 spiro atoms. The van der Waals surface area contributed by atoms with Gasteiger partial charge in [0.25, 0.3) is 0 Å². The highest BCUT2D eigenvalue weighted by Crippen LogP contribution is 2.31. The van der Waals surface area contributed by atoms with Crippen LogP contribution in [0.5, 0.6) is 0 Å². The summed E-state index contributed by atoms with van der Waals surface area (Å²) in [5.74, 6) is 1.26. The van der Waals surface area contributed by atoms with Crippen molar-refractivity contribution < 1.29 is 0 Å². The normalized spacial score (nSPS) is 17.1. The molecule has 1 aliphatic rings. The van der Waals surface area contributed by atoms with Crippen LogP contribution < -0.4 is 10.6 Å². The Morgan fingerprint density at radius 3 is 2.97 bits per heavy atom. The number of rotatable bonds is 5. The average molecular weight is 408 g/mol. The van der Waals surface area contributed by atoms with E-state index < -0.39 is 0 Å². The molecule has 0 bridgehead atoms. The summed E-state index contributed by atoms with van der Waals surface area (Å²) in [6, 6.07) is 2.21. The van der Waals surface area contributed by atoms with E-state index in [2.05, 4.69) is 44.7 Å². The molecule has 0 saturated carbocycles. The molecule has 1 unspecified atom stereocenters. The molecular weight excluding hydrogens is 382 g/mol. The molecule has 0 radical (unpaired) electrons. The molecule has 4 aromatic rings. The van der Waals surface area contributed by atoms with Crippen molar-refractivity contribution in [3.8, 4) is 10.6 Å². The Balaban J connectivity index is 1.55. The fourth-order valence-electron chi connectivity index (χ4n) is 3.92. The van der Waals surface area contributed by atoms with Gasteiger partial charge >= 0.3 is 0 Å². The van der Waals surface area contributed by atoms with Gasteiger partial charge in [0.2, 0.25) is 0 Å². The quantitative estimate of drug-likeness (QED) is 0.529. The maximum atomic E-state index is 5.03. The van der Waals surface area contributed by atoms with Crippen molar-refractivity contribution in [1.29, 1.82) is 0 Å². The van der Waals surface area contributed by atoms with E-state index in [1.807, 2.05) is 30.3 Å². The monoisotopic (exact) mass is 407 g/mol. The summed E-state index contributed by atoms with van der Waals surface area (Å²) in [4.78, 5) is 11.0. The van der Waals surface area contributed by atoms with E-state index in [0.29, 0.717) is 12.5 Å². The second kappa shape index (κ2) is 7.61. The van der Waals surface area contributed by atoms with Gasteiger partial charge in [-0.25, -0.2) is 9.97 Å². The molecule has 1 aliphatic heterocycles. The van der Waals surface area contributed by atoms with Crippen LogP contribution in [0.15, 0.2) is 36.2 Å². The number of hydrogen-bond donors (Lipinski definition) is 2. The van der Waals surface area contributed by atoms with Gasteiger partial charge in [0, 0.05) is 44.0 Å². The third-order valence-corrected chi connectivity index (χ3v) is 6.50. The van der Waals surface area contributed by atoms with Crippen molar-refractivity contribution >= 4 is 22.8 Å². The van der Waals surface area contributed by atoms with Crippen molar-refractivity contribution in [1.82, 2.24) is 29.5 Å². The number of imidazole rings is 1. The van der Waals surface area contributed by atoms with Crippen molar-refractivity contribution in [2.45, 2.75) is 32.2 Å². The molecule has 0 aromatic carbocycles. The number of aryl methyl sites for hydroxylation is 2. The van der Waals surface area contributed by atoms with Crippen LogP contribution in [0.4, 0.5) is 5.82 Å². The smallest absolute Gasteiger partial charge is 0.180 e. The SMILES string of the molecule is Cc1csc(-c2cnc(NCc3cnn(C)c3)c3nc(C4CCCNC4)cn23)c1. The standard InChI is InChI=1S/C21H25N7S/c1-14-6-19(29-13-14)18-10-24-20(23-7-15-8-25-27(2)11-15)21-26-17(12-28(18)21)16-4-3-5-22-9-16/h6,8,10-13,16,22H,3-5,7,9H2,1-2H3,(H,23,24). The predicted octanol–water partition coefficient (Wildman–Crippen LogP) is 3.58. The molecule has 29 heavy (non-hydrogen) atoms. The van der Waals surface area contributed by atoms with Gasteiger partial charge in [0.05, 0.1) is 28.7 Å². The van der Waals surface area contributed by atoms with Gasteiger partial charge in [-0.3, -0.25) is 9.08 Å². The summed E-state index contributed by atoms with van der Waals surface area (Å²) in [5, 5.41) is 13.4. The lowest BCUT2D eigenvalue weighted by molar-refractivity contribution is 0.456.